The Morgan fingerprint density at radius 3 is 2.15 bits per heavy atom. The van der Waals surface area contributed by atoms with Crippen molar-refractivity contribution in [2.75, 3.05) is 0 Å². The number of phenolic OH excluding ortho intramolecular Hbond substituents is 2. The van der Waals surface area contributed by atoms with Gasteiger partial charge in [0.25, 0.3) is 0 Å². The van der Waals surface area contributed by atoms with Crippen molar-refractivity contribution in [3.8, 4) is 11.5 Å². The minimum Gasteiger partial charge on any atom is -0.508 e. The normalized spacial score (nSPS) is 12.3. The Kier molecular flexibility index (Phi) is 4.08. The monoisotopic (exact) mass is 270 g/mol. The first-order valence-electron chi connectivity index (χ1n) is 6.60. The van der Waals surface area contributed by atoms with E-state index in [4.69, 9.17) is 0 Å². The number of carbonyl (C=O) groups excluding carboxylic acids is 1. The molecule has 20 heavy (non-hydrogen) atoms. The van der Waals surface area contributed by atoms with Crippen LogP contribution in [-0.2, 0) is 4.79 Å². The molecular weight excluding hydrogens is 252 g/mol. The highest BCUT2D eigenvalue weighted by molar-refractivity contribution is 5.71. The summed E-state index contributed by atoms with van der Waals surface area (Å²) in [6.07, 6.45) is 0.827. The summed E-state index contributed by atoms with van der Waals surface area (Å²) in [5.74, 6) is -0.337. The molecule has 1 atom stereocenters. The zero-order chi connectivity index (χ0) is 14.7. The van der Waals surface area contributed by atoms with E-state index in [0.717, 1.165) is 17.4 Å². The summed E-state index contributed by atoms with van der Waals surface area (Å²) < 4.78 is 0. The van der Waals surface area contributed by atoms with Crippen LogP contribution in [0.4, 0.5) is 0 Å². The van der Waals surface area contributed by atoms with Gasteiger partial charge >= 0.3 is 0 Å². The fourth-order valence-corrected chi connectivity index (χ4v) is 2.43. The van der Waals surface area contributed by atoms with Crippen molar-refractivity contribution >= 4 is 6.29 Å². The van der Waals surface area contributed by atoms with Crippen molar-refractivity contribution in [2.24, 2.45) is 0 Å². The zero-order valence-corrected chi connectivity index (χ0v) is 11.6. The highest BCUT2D eigenvalue weighted by atomic mass is 16.3. The molecule has 0 bridgehead atoms. The third-order valence-corrected chi connectivity index (χ3v) is 3.44. The summed E-state index contributed by atoms with van der Waals surface area (Å²) in [5.41, 5.74) is 2.47. The van der Waals surface area contributed by atoms with Crippen LogP contribution in [0.25, 0.3) is 0 Å². The first kappa shape index (κ1) is 14.1. The summed E-state index contributed by atoms with van der Waals surface area (Å²) in [4.78, 5) is 11.5. The number of rotatable bonds is 4. The maximum Gasteiger partial charge on any atom is 0.132 e. The molecule has 0 aliphatic carbocycles. The standard InChI is InChI=1S/C17H18O3/c1-11(2)13-5-3-4-6-14(13)16(10-18)15-8-7-12(19)9-17(15)20/h3-11,16,19-20H,1-2H3. The van der Waals surface area contributed by atoms with Crippen LogP contribution in [0.3, 0.4) is 0 Å². The Morgan fingerprint density at radius 1 is 0.950 bits per heavy atom. The predicted molar refractivity (Wildman–Crippen MR) is 78.2 cm³/mol. The molecule has 0 spiro atoms. The number of aldehydes is 1. The maximum absolute atomic E-state index is 11.5. The molecule has 0 aliphatic heterocycles. The van der Waals surface area contributed by atoms with E-state index in [1.807, 2.05) is 24.3 Å². The predicted octanol–water partition coefficient (Wildman–Crippen LogP) is 3.55. The summed E-state index contributed by atoms with van der Waals surface area (Å²) in [6.45, 7) is 4.13. The van der Waals surface area contributed by atoms with E-state index < -0.39 is 5.92 Å². The van der Waals surface area contributed by atoms with Crippen molar-refractivity contribution in [3.05, 3.63) is 59.2 Å². The highest BCUT2D eigenvalue weighted by Gasteiger charge is 2.20. The molecule has 0 saturated carbocycles. The second kappa shape index (κ2) is 5.78. The number of benzene rings is 2. The second-order valence-electron chi connectivity index (χ2n) is 5.14. The summed E-state index contributed by atoms with van der Waals surface area (Å²) in [6, 6.07) is 12.0. The van der Waals surface area contributed by atoms with E-state index in [1.165, 1.54) is 12.1 Å². The molecule has 0 aromatic heterocycles. The Bertz CT molecular complexity index is 617. The lowest BCUT2D eigenvalue weighted by Crippen LogP contribution is -2.07. The maximum atomic E-state index is 11.5. The van der Waals surface area contributed by atoms with Gasteiger partial charge in [-0.05, 0) is 23.1 Å². The van der Waals surface area contributed by atoms with Gasteiger partial charge in [-0.25, -0.2) is 0 Å². The summed E-state index contributed by atoms with van der Waals surface area (Å²) in [5, 5.41) is 19.3. The van der Waals surface area contributed by atoms with Crippen LogP contribution in [0.2, 0.25) is 0 Å². The summed E-state index contributed by atoms with van der Waals surface area (Å²) in [7, 11) is 0. The molecule has 3 nitrogen and oxygen atoms in total. The lowest BCUT2D eigenvalue weighted by Gasteiger charge is -2.19. The molecule has 2 rings (SSSR count). The number of hydrogen-bond acceptors (Lipinski definition) is 3. The Morgan fingerprint density at radius 2 is 1.60 bits per heavy atom. The molecule has 2 aromatic rings. The van der Waals surface area contributed by atoms with Gasteiger partial charge in [-0.3, -0.25) is 0 Å². The average Bonchev–Trinajstić information content (AvgIpc) is 2.42. The molecule has 3 heteroatoms. The largest absolute Gasteiger partial charge is 0.508 e. The first-order chi connectivity index (χ1) is 9.54. The lowest BCUT2D eigenvalue weighted by atomic mass is 9.85. The molecule has 0 radical (unpaired) electrons. The number of phenols is 2. The van der Waals surface area contributed by atoms with Crippen LogP contribution in [-0.4, -0.2) is 16.5 Å². The Hall–Kier alpha value is -2.29. The third kappa shape index (κ3) is 2.67. The molecule has 0 heterocycles. The van der Waals surface area contributed by atoms with Gasteiger partial charge in [0, 0.05) is 11.6 Å². The summed E-state index contributed by atoms with van der Waals surface area (Å²) >= 11 is 0. The van der Waals surface area contributed by atoms with Crippen molar-refractivity contribution < 1.29 is 15.0 Å². The van der Waals surface area contributed by atoms with Crippen molar-refractivity contribution in [2.45, 2.75) is 25.7 Å². The molecule has 2 aromatic carbocycles. The van der Waals surface area contributed by atoms with Crippen LogP contribution < -0.4 is 0 Å². The molecule has 1 unspecified atom stereocenters. The van der Waals surface area contributed by atoms with Crippen molar-refractivity contribution in [1.29, 1.82) is 0 Å². The van der Waals surface area contributed by atoms with Crippen molar-refractivity contribution in [3.63, 3.8) is 0 Å². The van der Waals surface area contributed by atoms with Crippen LogP contribution in [0.15, 0.2) is 42.5 Å². The van der Waals surface area contributed by atoms with E-state index in [9.17, 15) is 15.0 Å². The lowest BCUT2D eigenvalue weighted by molar-refractivity contribution is -0.108. The molecule has 2 N–H and O–H groups in total. The van der Waals surface area contributed by atoms with E-state index >= 15 is 0 Å². The molecule has 0 fully saturated rings. The van der Waals surface area contributed by atoms with Gasteiger partial charge in [-0.15, -0.1) is 0 Å². The Labute approximate surface area is 118 Å². The van der Waals surface area contributed by atoms with E-state index in [-0.39, 0.29) is 17.4 Å². The van der Waals surface area contributed by atoms with E-state index in [1.54, 1.807) is 6.07 Å². The van der Waals surface area contributed by atoms with Crippen LogP contribution >= 0.6 is 0 Å². The van der Waals surface area contributed by atoms with E-state index in [2.05, 4.69) is 13.8 Å². The number of carbonyl (C=O) groups is 1. The van der Waals surface area contributed by atoms with Gasteiger partial charge in [-0.1, -0.05) is 44.2 Å². The van der Waals surface area contributed by atoms with E-state index in [0.29, 0.717) is 5.56 Å². The third-order valence-electron chi connectivity index (χ3n) is 3.44. The molecule has 0 aliphatic rings. The van der Waals surface area contributed by atoms with Crippen molar-refractivity contribution in [1.82, 2.24) is 0 Å². The molecule has 0 saturated heterocycles. The fourth-order valence-electron chi connectivity index (χ4n) is 2.43. The molecule has 0 amide bonds. The minimum absolute atomic E-state index is 0.0203. The van der Waals surface area contributed by atoms with Gasteiger partial charge < -0.3 is 15.0 Å². The first-order valence-corrected chi connectivity index (χ1v) is 6.60. The van der Waals surface area contributed by atoms with Gasteiger partial charge in [0.2, 0.25) is 0 Å². The minimum atomic E-state index is -0.533. The number of aromatic hydroxyl groups is 2. The van der Waals surface area contributed by atoms with Gasteiger partial charge in [0.05, 0.1) is 5.92 Å². The highest BCUT2D eigenvalue weighted by Crippen LogP contribution is 2.35. The van der Waals surface area contributed by atoms with Crippen LogP contribution in [0, 0.1) is 0 Å². The fraction of sp³-hybridized carbons (Fsp3) is 0.235. The van der Waals surface area contributed by atoms with Crippen LogP contribution in [0.5, 0.6) is 11.5 Å². The second-order valence-corrected chi connectivity index (χ2v) is 5.14. The zero-order valence-electron chi connectivity index (χ0n) is 11.6. The average molecular weight is 270 g/mol. The molecule has 104 valence electrons. The van der Waals surface area contributed by atoms with Gasteiger partial charge in [-0.2, -0.15) is 0 Å². The SMILES string of the molecule is CC(C)c1ccccc1C(C=O)c1ccc(O)cc1O. The Balaban J connectivity index is 2.55. The molecular formula is C17H18O3. The quantitative estimate of drug-likeness (QED) is 0.835. The number of hydrogen-bond donors (Lipinski definition) is 2. The topological polar surface area (TPSA) is 57.5 Å². The van der Waals surface area contributed by atoms with Crippen LogP contribution in [0.1, 0.15) is 42.4 Å². The van der Waals surface area contributed by atoms with Gasteiger partial charge in [0.15, 0.2) is 0 Å². The van der Waals surface area contributed by atoms with Gasteiger partial charge in [0.1, 0.15) is 17.8 Å². The smallest absolute Gasteiger partial charge is 0.132 e.